The Labute approximate surface area is 118 Å². The zero-order chi connectivity index (χ0) is 14.5. The summed E-state index contributed by atoms with van der Waals surface area (Å²) < 4.78 is 5.54. The van der Waals surface area contributed by atoms with Crippen LogP contribution < -0.4 is 0 Å². The highest BCUT2D eigenvalue weighted by molar-refractivity contribution is 5.66. The molecular weight excluding hydrogens is 236 g/mol. The van der Waals surface area contributed by atoms with E-state index in [1.165, 1.54) is 25.3 Å². The van der Waals surface area contributed by atoms with Crippen LogP contribution in [-0.4, -0.2) is 12.1 Å². The van der Waals surface area contributed by atoms with Crippen molar-refractivity contribution in [2.75, 3.05) is 0 Å². The summed E-state index contributed by atoms with van der Waals surface area (Å²) in [4.78, 5) is 11.3. The van der Waals surface area contributed by atoms with Crippen molar-refractivity contribution in [1.82, 2.24) is 0 Å². The molecule has 0 spiro atoms. The van der Waals surface area contributed by atoms with Crippen molar-refractivity contribution in [2.24, 2.45) is 11.3 Å². The van der Waals surface area contributed by atoms with Crippen LogP contribution in [0.5, 0.6) is 0 Å². The summed E-state index contributed by atoms with van der Waals surface area (Å²) >= 11 is 0. The van der Waals surface area contributed by atoms with Gasteiger partial charge in [-0.2, -0.15) is 0 Å². The lowest BCUT2D eigenvalue weighted by Crippen LogP contribution is -2.26. The van der Waals surface area contributed by atoms with Crippen LogP contribution in [0.2, 0.25) is 0 Å². The number of allylic oxidation sites excluding steroid dienone is 2. The minimum absolute atomic E-state index is 0.0928. The normalized spacial score (nSPS) is 31.7. The minimum Gasteiger partial charge on any atom is -0.462 e. The van der Waals surface area contributed by atoms with E-state index in [9.17, 15) is 4.79 Å². The predicted molar refractivity (Wildman–Crippen MR) is 80.0 cm³/mol. The van der Waals surface area contributed by atoms with E-state index in [4.69, 9.17) is 4.74 Å². The highest BCUT2D eigenvalue weighted by Crippen LogP contribution is 2.32. The Balaban J connectivity index is 2.75. The summed E-state index contributed by atoms with van der Waals surface area (Å²) in [7, 11) is 0. The highest BCUT2D eigenvalue weighted by Gasteiger charge is 2.25. The van der Waals surface area contributed by atoms with E-state index in [1.54, 1.807) is 0 Å². The summed E-state index contributed by atoms with van der Waals surface area (Å²) in [5, 5.41) is 0. The summed E-state index contributed by atoms with van der Waals surface area (Å²) in [6.45, 7) is 10.6. The van der Waals surface area contributed by atoms with Crippen LogP contribution in [0.15, 0.2) is 11.6 Å². The monoisotopic (exact) mass is 266 g/mol. The third-order valence-corrected chi connectivity index (χ3v) is 4.29. The van der Waals surface area contributed by atoms with Gasteiger partial charge in [-0.25, -0.2) is 0 Å². The number of esters is 1. The number of carbonyl (C=O) groups excluding carboxylic acids is 1. The molecule has 0 aromatic carbocycles. The molecule has 0 amide bonds. The van der Waals surface area contributed by atoms with Crippen molar-refractivity contribution in [2.45, 2.75) is 79.2 Å². The Hall–Kier alpha value is -0.790. The fraction of sp³-hybridized carbons (Fsp3) is 0.824. The second-order valence-electron chi connectivity index (χ2n) is 6.97. The topological polar surface area (TPSA) is 26.3 Å². The van der Waals surface area contributed by atoms with Crippen molar-refractivity contribution in [1.29, 1.82) is 0 Å². The second kappa shape index (κ2) is 7.12. The van der Waals surface area contributed by atoms with Gasteiger partial charge in [0.2, 0.25) is 0 Å². The Morgan fingerprint density at radius 2 is 2.05 bits per heavy atom. The molecule has 0 heterocycles. The summed E-state index contributed by atoms with van der Waals surface area (Å²) in [6, 6.07) is 0. The molecule has 1 aliphatic rings. The molecule has 0 saturated heterocycles. The fourth-order valence-corrected chi connectivity index (χ4v) is 2.75. The molecule has 2 nitrogen and oxygen atoms in total. The third-order valence-electron chi connectivity index (χ3n) is 4.29. The second-order valence-corrected chi connectivity index (χ2v) is 6.97. The van der Waals surface area contributed by atoms with Gasteiger partial charge in [0.15, 0.2) is 0 Å². The van der Waals surface area contributed by atoms with E-state index in [-0.39, 0.29) is 12.1 Å². The number of hydrogen-bond acceptors (Lipinski definition) is 2. The first kappa shape index (κ1) is 16.3. The van der Waals surface area contributed by atoms with Crippen LogP contribution in [0.25, 0.3) is 0 Å². The molecule has 0 radical (unpaired) electrons. The van der Waals surface area contributed by atoms with Crippen molar-refractivity contribution in [3.63, 3.8) is 0 Å². The maximum Gasteiger partial charge on any atom is 0.302 e. The standard InChI is InChI=1S/C17H30O2/c1-13-7-6-8-14(2)16(19-15(3)18)10-12-17(4,5)11-9-13/h9,14,16H,6-8,10-12H2,1-5H3/b13-9+/t14-,16-/m0/s1. The molecule has 19 heavy (non-hydrogen) atoms. The van der Waals surface area contributed by atoms with E-state index in [0.717, 1.165) is 25.7 Å². The van der Waals surface area contributed by atoms with Crippen LogP contribution in [0.3, 0.4) is 0 Å². The summed E-state index contributed by atoms with van der Waals surface area (Å²) in [5.41, 5.74) is 1.80. The van der Waals surface area contributed by atoms with Crippen molar-refractivity contribution >= 4 is 5.97 Å². The molecule has 0 fully saturated rings. The SMILES string of the molecule is CC(=O)O[C@H]1CCC(C)(C)C/C=C(\C)CCC[C@@H]1C. The number of ether oxygens (including phenoxy) is 1. The molecule has 0 aliphatic heterocycles. The molecule has 0 unspecified atom stereocenters. The van der Waals surface area contributed by atoms with Crippen LogP contribution in [0.4, 0.5) is 0 Å². The lowest BCUT2D eigenvalue weighted by atomic mass is 9.81. The van der Waals surface area contributed by atoms with Gasteiger partial charge in [0.25, 0.3) is 0 Å². The molecule has 2 atom stereocenters. The van der Waals surface area contributed by atoms with Gasteiger partial charge in [-0.3, -0.25) is 4.79 Å². The Morgan fingerprint density at radius 1 is 1.37 bits per heavy atom. The van der Waals surface area contributed by atoms with Gasteiger partial charge in [-0.15, -0.1) is 0 Å². The third kappa shape index (κ3) is 6.26. The molecule has 1 rings (SSSR count). The Morgan fingerprint density at radius 3 is 2.68 bits per heavy atom. The Kier molecular flexibility index (Phi) is 6.09. The molecule has 0 N–H and O–H groups in total. The van der Waals surface area contributed by atoms with Crippen molar-refractivity contribution < 1.29 is 9.53 Å². The average Bonchev–Trinajstić information content (AvgIpc) is 2.32. The van der Waals surface area contributed by atoms with Gasteiger partial charge >= 0.3 is 5.97 Å². The first-order chi connectivity index (χ1) is 8.80. The van der Waals surface area contributed by atoms with Crippen LogP contribution >= 0.6 is 0 Å². The van der Waals surface area contributed by atoms with E-state index in [2.05, 4.69) is 33.8 Å². The lowest BCUT2D eigenvalue weighted by Gasteiger charge is -2.28. The van der Waals surface area contributed by atoms with Crippen LogP contribution in [0, 0.1) is 11.3 Å². The lowest BCUT2D eigenvalue weighted by molar-refractivity contribution is -0.149. The van der Waals surface area contributed by atoms with E-state index in [0.29, 0.717) is 11.3 Å². The largest absolute Gasteiger partial charge is 0.462 e. The van der Waals surface area contributed by atoms with E-state index >= 15 is 0 Å². The van der Waals surface area contributed by atoms with Gasteiger partial charge in [0, 0.05) is 6.92 Å². The Bertz CT molecular complexity index is 328. The van der Waals surface area contributed by atoms with Gasteiger partial charge in [-0.05, 0) is 56.8 Å². The molecule has 1 aliphatic carbocycles. The number of rotatable bonds is 1. The molecule has 0 aromatic rings. The van der Waals surface area contributed by atoms with E-state index in [1.807, 2.05) is 0 Å². The molecule has 110 valence electrons. The van der Waals surface area contributed by atoms with Gasteiger partial charge in [0.05, 0.1) is 0 Å². The molecular formula is C17H30O2. The molecule has 0 aromatic heterocycles. The van der Waals surface area contributed by atoms with Gasteiger partial charge < -0.3 is 4.74 Å². The van der Waals surface area contributed by atoms with Gasteiger partial charge in [0.1, 0.15) is 6.10 Å². The molecule has 2 heteroatoms. The number of carbonyl (C=O) groups is 1. The maximum atomic E-state index is 11.3. The van der Waals surface area contributed by atoms with Crippen molar-refractivity contribution in [3.8, 4) is 0 Å². The smallest absolute Gasteiger partial charge is 0.302 e. The van der Waals surface area contributed by atoms with Gasteiger partial charge in [-0.1, -0.05) is 32.4 Å². The first-order valence-electron chi connectivity index (χ1n) is 7.63. The zero-order valence-corrected chi connectivity index (χ0v) is 13.3. The average molecular weight is 266 g/mol. The molecule has 0 saturated carbocycles. The quantitative estimate of drug-likeness (QED) is 0.499. The minimum atomic E-state index is -0.140. The summed E-state index contributed by atoms with van der Waals surface area (Å²) in [6.07, 6.45) is 9.23. The first-order valence-corrected chi connectivity index (χ1v) is 7.63. The van der Waals surface area contributed by atoms with Crippen LogP contribution in [-0.2, 0) is 9.53 Å². The highest BCUT2D eigenvalue weighted by atomic mass is 16.5. The van der Waals surface area contributed by atoms with Crippen LogP contribution in [0.1, 0.15) is 73.1 Å². The number of hydrogen-bond donors (Lipinski definition) is 0. The maximum absolute atomic E-state index is 11.3. The van der Waals surface area contributed by atoms with Crippen molar-refractivity contribution in [3.05, 3.63) is 11.6 Å². The fourth-order valence-electron chi connectivity index (χ4n) is 2.75. The molecule has 0 bridgehead atoms. The predicted octanol–water partition coefficient (Wildman–Crippen LogP) is 4.88. The summed E-state index contributed by atoms with van der Waals surface area (Å²) in [5.74, 6) is 0.324. The van der Waals surface area contributed by atoms with E-state index < -0.39 is 0 Å². The zero-order valence-electron chi connectivity index (χ0n) is 13.3.